The molecule has 1 N–H and O–H groups in total. The Bertz CT molecular complexity index is 853. The lowest BCUT2D eigenvalue weighted by atomic mass is 10.0. The van der Waals surface area contributed by atoms with Crippen LogP contribution >= 0.6 is 0 Å². The van der Waals surface area contributed by atoms with E-state index in [1.54, 1.807) is 6.07 Å². The molecule has 2 rings (SSSR count). The standard InChI is InChI=1S/C18H18O6/c1-22-10-4-5-13-15-11-12(17(20)23-2)7-8-14(15)18(21)24-16(13)6-3-9-19/h7-8,11,19H,3,6,9-10H2,1-2H3. The van der Waals surface area contributed by atoms with Crippen molar-refractivity contribution >= 4 is 16.7 Å². The maximum absolute atomic E-state index is 12.2. The predicted molar refractivity (Wildman–Crippen MR) is 88.0 cm³/mol. The van der Waals surface area contributed by atoms with Gasteiger partial charge in [0.25, 0.3) is 0 Å². The Labute approximate surface area is 139 Å². The highest BCUT2D eigenvalue weighted by Gasteiger charge is 2.15. The van der Waals surface area contributed by atoms with Crippen LogP contribution in [0.4, 0.5) is 0 Å². The summed E-state index contributed by atoms with van der Waals surface area (Å²) in [5, 5.41) is 9.88. The lowest BCUT2D eigenvalue weighted by Gasteiger charge is -2.08. The van der Waals surface area contributed by atoms with Gasteiger partial charge in [-0.25, -0.2) is 9.59 Å². The van der Waals surface area contributed by atoms with E-state index in [2.05, 4.69) is 11.8 Å². The van der Waals surface area contributed by atoms with Crippen LogP contribution in [0.15, 0.2) is 27.4 Å². The van der Waals surface area contributed by atoms with Gasteiger partial charge < -0.3 is 19.0 Å². The van der Waals surface area contributed by atoms with Crippen LogP contribution in [0, 0.1) is 11.8 Å². The second kappa shape index (κ2) is 8.29. The van der Waals surface area contributed by atoms with Crippen molar-refractivity contribution in [1.82, 2.24) is 0 Å². The first kappa shape index (κ1) is 17.7. The molecular formula is C18H18O6. The number of carbonyl (C=O) groups excluding carboxylic acids is 1. The summed E-state index contributed by atoms with van der Waals surface area (Å²) in [5.74, 6) is 5.65. The molecule has 0 unspecified atom stereocenters. The molecule has 1 aromatic carbocycles. The second-order valence-corrected chi connectivity index (χ2v) is 5.00. The van der Waals surface area contributed by atoms with E-state index in [1.165, 1.54) is 26.4 Å². The molecule has 0 aliphatic carbocycles. The molecular weight excluding hydrogens is 312 g/mol. The number of benzene rings is 1. The third-order valence-corrected chi connectivity index (χ3v) is 3.42. The molecule has 0 atom stereocenters. The van der Waals surface area contributed by atoms with Gasteiger partial charge in [-0.1, -0.05) is 11.8 Å². The number of fused-ring (bicyclic) bond motifs is 1. The number of hydrogen-bond acceptors (Lipinski definition) is 6. The maximum Gasteiger partial charge on any atom is 0.343 e. The number of carbonyl (C=O) groups is 1. The van der Waals surface area contributed by atoms with E-state index in [0.717, 1.165) is 0 Å². The summed E-state index contributed by atoms with van der Waals surface area (Å²) < 4.78 is 15.0. The van der Waals surface area contributed by atoms with Crippen LogP contribution in [-0.2, 0) is 15.9 Å². The van der Waals surface area contributed by atoms with E-state index in [1.807, 2.05) is 0 Å². The van der Waals surface area contributed by atoms with E-state index in [-0.39, 0.29) is 13.2 Å². The quantitative estimate of drug-likeness (QED) is 0.660. The van der Waals surface area contributed by atoms with Crippen molar-refractivity contribution in [3.8, 4) is 11.8 Å². The van der Waals surface area contributed by atoms with Gasteiger partial charge in [0.2, 0.25) is 0 Å². The van der Waals surface area contributed by atoms with Crippen LogP contribution in [0.25, 0.3) is 10.8 Å². The van der Waals surface area contributed by atoms with Crippen LogP contribution in [0.1, 0.15) is 28.1 Å². The Balaban J connectivity index is 2.71. The maximum atomic E-state index is 12.2. The molecule has 126 valence electrons. The number of rotatable bonds is 5. The summed E-state index contributed by atoms with van der Waals surface area (Å²) in [6.45, 7) is 0.186. The number of ether oxygens (including phenoxy) is 2. The average molecular weight is 330 g/mol. The topological polar surface area (TPSA) is 86.0 Å². The fourth-order valence-electron chi connectivity index (χ4n) is 2.29. The van der Waals surface area contributed by atoms with Crippen LogP contribution in [0.2, 0.25) is 0 Å². The minimum atomic E-state index is -0.508. The van der Waals surface area contributed by atoms with E-state index < -0.39 is 11.6 Å². The molecule has 1 aromatic heterocycles. The lowest BCUT2D eigenvalue weighted by molar-refractivity contribution is 0.0601. The van der Waals surface area contributed by atoms with Gasteiger partial charge in [0.15, 0.2) is 0 Å². The highest BCUT2D eigenvalue weighted by molar-refractivity contribution is 5.97. The Morgan fingerprint density at radius 3 is 2.75 bits per heavy atom. The first-order valence-corrected chi connectivity index (χ1v) is 7.39. The Kier molecular flexibility index (Phi) is 6.13. The van der Waals surface area contributed by atoms with Crippen molar-refractivity contribution < 1.29 is 23.8 Å². The molecule has 0 saturated carbocycles. The lowest BCUT2D eigenvalue weighted by Crippen LogP contribution is -2.08. The third kappa shape index (κ3) is 3.82. The van der Waals surface area contributed by atoms with E-state index in [0.29, 0.717) is 40.5 Å². The minimum Gasteiger partial charge on any atom is -0.465 e. The van der Waals surface area contributed by atoms with Crippen LogP contribution in [0.3, 0.4) is 0 Å². The van der Waals surface area contributed by atoms with E-state index in [4.69, 9.17) is 19.0 Å². The van der Waals surface area contributed by atoms with Crippen LogP contribution in [0.5, 0.6) is 0 Å². The summed E-state index contributed by atoms with van der Waals surface area (Å²) in [7, 11) is 2.82. The molecule has 0 spiro atoms. The van der Waals surface area contributed by atoms with E-state index in [9.17, 15) is 9.59 Å². The molecule has 0 saturated heterocycles. The zero-order valence-electron chi connectivity index (χ0n) is 13.5. The van der Waals surface area contributed by atoms with Gasteiger partial charge in [-0.05, 0) is 24.6 Å². The molecule has 0 amide bonds. The van der Waals surface area contributed by atoms with Gasteiger partial charge in [0, 0.05) is 25.5 Å². The number of hydrogen-bond donors (Lipinski definition) is 1. The largest absolute Gasteiger partial charge is 0.465 e. The van der Waals surface area contributed by atoms with Crippen molar-refractivity contribution in [2.75, 3.05) is 27.4 Å². The Morgan fingerprint density at radius 2 is 2.08 bits per heavy atom. The molecule has 24 heavy (non-hydrogen) atoms. The molecule has 1 heterocycles. The summed E-state index contributed by atoms with van der Waals surface area (Å²) in [6, 6.07) is 4.59. The fraction of sp³-hybridized carbons (Fsp3) is 0.333. The van der Waals surface area contributed by atoms with Gasteiger partial charge in [-0.15, -0.1) is 0 Å². The van der Waals surface area contributed by atoms with Gasteiger partial charge in [0.05, 0.1) is 23.6 Å². The molecule has 6 nitrogen and oxygen atoms in total. The molecule has 0 radical (unpaired) electrons. The zero-order chi connectivity index (χ0) is 17.5. The summed E-state index contributed by atoms with van der Waals surface area (Å²) in [6.07, 6.45) is 0.797. The monoisotopic (exact) mass is 330 g/mol. The summed E-state index contributed by atoms with van der Waals surface area (Å²) in [5.41, 5.74) is 0.325. The molecule has 0 fully saturated rings. The Hall–Kier alpha value is -2.62. The van der Waals surface area contributed by atoms with Gasteiger partial charge in [-0.2, -0.15) is 0 Å². The number of aliphatic hydroxyl groups excluding tert-OH is 1. The van der Waals surface area contributed by atoms with Crippen molar-refractivity contribution in [3.63, 3.8) is 0 Å². The SMILES string of the molecule is COCC#Cc1c(CCCO)oc(=O)c2ccc(C(=O)OC)cc12. The van der Waals surface area contributed by atoms with Crippen molar-refractivity contribution in [2.45, 2.75) is 12.8 Å². The molecule has 0 bridgehead atoms. The first-order chi connectivity index (χ1) is 11.6. The van der Waals surface area contributed by atoms with Gasteiger partial charge in [-0.3, -0.25) is 0 Å². The van der Waals surface area contributed by atoms with Crippen molar-refractivity contribution in [3.05, 3.63) is 45.5 Å². The number of aryl methyl sites for hydroxylation is 1. The molecule has 6 heteroatoms. The zero-order valence-corrected chi connectivity index (χ0v) is 13.5. The number of methoxy groups -OCH3 is 2. The van der Waals surface area contributed by atoms with Gasteiger partial charge in [0.1, 0.15) is 12.4 Å². The number of esters is 1. The van der Waals surface area contributed by atoms with E-state index >= 15 is 0 Å². The normalized spacial score (nSPS) is 10.3. The molecule has 0 aliphatic rings. The summed E-state index contributed by atoms with van der Waals surface area (Å²) >= 11 is 0. The smallest absolute Gasteiger partial charge is 0.343 e. The van der Waals surface area contributed by atoms with Crippen molar-refractivity contribution in [2.24, 2.45) is 0 Å². The highest BCUT2D eigenvalue weighted by atomic mass is 16.5. The Morgan fingerprint density at radius 1 is 1.29 bits per heavy atom. The van der Waals surface area contributed by atoms with Gasteiger partial charge >= 0.3 is 11.6 Å². The molecule has 0 aliphatic heterocycles. The minimum absolute atomic E-state index is 0.0328. The molecule has 2 aromatic rings. The predicted octanol–water partition coefficient (Wildman–Crippen LogP) is 1.50. The third-order valence-electron chi connectivity index (χ3n) is 3.42. The average Bonchev–Trinajstić information content (AvgIpc) is 2.61. The first-order valence-electron chi connectivity index (χ1n) is 7.39. The van der Waals surface area contributed by atoms with Crippen LogP contribution < -0.4 is 5.63 Å². The van der Waals surface area contributed by atoms with Crippen LogP contribution in [-0.4, -0.2) is 38.5 Å². The number of aliphatic hydroxyl groups is 1. The van der Waals surface area contributed by atoms with Crippen molar-refractivity contribution in [1.29, 1.82) is 0 Å². The summed E-state index contributed by atoms with van der Waals surface area (Å²) in [4.78, 5) is 23.9. The fourth-order valence-corrected chi connectivity index (χ4v) is 2.29. The highest BCUT2D eigenvalue weighted by Crippen LogP contribution is 2.22. The second-order valence-electron chi connectivity index (χ2n) is 5.00.